The van der Waals surface area contributed by atoms with Gasteiger partial charge in [0.2, 0.25) is 5.72 Å². The third-order valence-corrected chi connectivity index (χ3v) is 4.74. The van der Waals surface area contributed by atoms with Gasteiger partial charge in [-0.25, -0.2) is 4.79 Å². The van der Waals surface area contributed by atoms with Crippen molar-refractivity contribution in [1.29, 1.82) is 0 Å². The number of aromatic nitrogens is 1. The number of nitrogens with zero attached hydrogens (tertiary/aromatic N) is 1. The topological polar surface area (TPSA) is 91.3 Å². The van der Waals surface area contributed by atoms with E-state index in [0.717, 1.165) is 6.20 Å². The van der Waals surface area contributed by atoms with Gasteiger partial charge in [-0.2, -0.15) is 13.2 Å². The molecule has 1 aliphatic rings. The van der Waals surface area contributed by atoms with Crippen molar-refractivity contribution in [3.05, 3.63) is 64.4 Å². The molecule has 0 spiro atoms. The number of carbonyl (C=O) groups excluding carboxylic acids is 2. The normalized spacial score (nSPS) is 25.4. The summed E-state index contributed by atoms with van der Waals surface area (Å²) in [6, 6.07) is 6.14. The van der Waals surface area contributed by atoms with Crippen molar-refractivity contribution >= 4 is 27.7 Å². The summed E-state index contributed by atoms with van der Waals surface area (Å²) < 4.78 is 41.7. The molecule has 27 heavy (non-hydrogen) atoms. The Morgan fingerprint density at radius 1 is 1.26 bits per heavy atom. The number of nitrogens with one attached hydrogen (secondary N) is 2. The van der Waals surface area contributed by atoms with E-state index in [1.165, 1.54) is 35.8 Å². The Labute approximate surface area is 159 Å². The Morgan fingerprint density at radius 2 is 2.00 bits per heavy atom. The van der Waals surface area contributed by atoms with E-state index in [4.69, 9.17) is 0 Å². The Kier molecular flexibility index (Phi) is 4.96. The summed E-state index contributed by atoms with van der Waals surface area (Å²) in [5, 5.41) is 14.2. The quantitative estimate of drug-likeness (QED) is 0.636. The summed E-state index contributed by atoms with van der Waals surface area (Å²) in [4.78, 5) is 28.6. The molecule has 0 unspecified atom stereocenters. The predicted octanol–water partition coefficient (Wildman–Crippen LogP) is 2.95. The van der Waals surface area contributed by atoms with E-state index in [1.807, 2.05) is 0 Å². The van der Waals surface area contributed by atoms with Crippen LogP contribution in [-0.4, -0.2) is 33.8 Å². The number of pyridine rings is 1. The lowest BCUT2D eigenvalue weighted by Gasteiger charge is -2.45. The molecule has 1 aromatic carbocycles. The van der Waals surface area contributed by atoms with Crippen molar-refractivity contribution in [3.63, 3.8) is 0 Å². The highest BCUT2D eigenvalue weighted by Gasteiger charge is 2.66. The second-order valence-corrected chi connectivity index (χ2v) is 6.89. The number of ketones is 1. The molecule has 1 aromatic heterocycles. The average Bonchev–Trinajstić information content (AvgIpc) is 2.60. The molecule has 1 saturated heterocycles. The number of hydrogen-bond acceptors (Lipinski definition) is 4. The van der Waals surface area contributed by atoms with Crippen LogP contribution >= 0.6 is 15.9 Å². The lowest BCUT2D eigenvalue weighted by molar-refractivity contribution is -0.287. The van der Waals surface area contributed by atoms with E-state index in [0.29, 0.717) is 4.47 Å². The van der Waals surface area contributed by atoms with E-state index in [2.05, 4.69) is 26.2 Å². The van der Waals surface area contributed by atoms with Gasteiger partial charge in [0.05, 0.1) is 6.04 Å². The minimum atomic E-state index is -5.29. The van der Waals surface area contributed by atoms with Gasteiger partial charge in [-0.05, 0) is 29.8 Å². The van der Waals surface area contributed by atoms with Crippen LogP contribution in [0.2, 0.25) is 0 Å². The number of hydrogen-bond donors (Lipinski definition) is 3. The summed E-state index contributed by atoms with van der Waals surface area (Å²) in [7, 11) is 0. The van der Waals surface area contributed by atoms with Crippen molar-refractivity contribution in [2.45, 2.75) is 17.9 Å². The standard InChI is InChI=1S/C17H13BrF3N3O3/c18-11-5-1-3-9(7-11)13-12(14(25)10-4-2-6-22-8-10)16(27,17(19,20)21)24-15(26)23-13/h1-8,12-13,27H,(H2,23,24,26)/t12-,13+,16+/m0/s1. The second kappa shape index (κ2) is 6.93. The van der Waals surface area contributed by atoms with Crippen LogP contribution in [0.15, 0.2) is 53.3 Å². The van der Waals surface area contributed by atoms with Crippen molar-refractivity contribution in [1.82, 2.24) is 15.6 Å². The average molecular weight is 444 g/mol. The molecule has 1 aliphatic heterocycles. The molecule has 3 N–H and O–H groups in total. The molecule has 2 aromatic rings. The second-order valence-electron chi connectivity index (χ2n) is 5.98. The number of alkyl halides is 3. The van der Waals surface area contributed by atoms with Gasteiger partial charge in [0, 0.05) is 22.4 Å². The van der Waals surface area contributed by atoms with Crippen LogP contribution < -0.4 is 10.6 Å². The van der Waals surface area contributed by atoms with Gasteiger partial charge in [0.15, 0.2) is 5.78 Å². The van der Waals surface area contributed by atoms with Crippen LogP contribution in [0.25, 0.3) is 0 Å². The molecule has 2 heterocycles. The van der Waals surface area contributed by atoms with Crippen LogP contribution in [0, 0.1) is 5.92 Å². The molecule has 3 atom stereocenters. The highest BCUT2D eigenvalue weighted by Crippen LogP contribution is 2.44. The molecule has 1 fully saturated rings. The fraction of sp³-hybridized carbons (Fsp3) is 0.235. The minimum Gasteiger partial charge on any atom is -0.363 e. The first-order valence-corrected chi connectivity index (χ1v) is 8.50. The molecular formula is C17H13BrF3N3O3. The molecule has 0 saturated carbocycles. The predicted molar refractivity (Wildman–Crippen MR) is 91.6 cm³/mol. The van der Waals surface area contributed by atoms with Crippen molar-refractivity contribution in [2.75, 3.05) is 0 Å². The maximum Gasteiger partial charge on any atom is 0.437 e. The Bertz CT molecular complexity index is 878. The number of halogens is 4. The summed E-state index contributed by atoms with van der Waals surface area (Å²) in [6.07, 6.45) is -2.83. The van der Waals surface area contributed by atoms with Crippen LogP contribution in [0.3, 0.4) is 0 Å². The zero-order chi connectivity index (χ0) is 19.8. The van der Waals surface area contributed by atoms with Crippen molar-refractivity contribution in [3.8, 4) is 0 Å². The molecule has 6 nitrogen and oxygen atoms in total. The summed E-state index contributed by atoms with van der Waals surface area (Å²) >= 11 is 3.21. The Morgan fingerprint density at radius 3 is 2.59 bits per heavy atom. The van der Waals surface area contributed by atoms with Gasteiger partial charge in [-0.15, -0.1) is 0 Å². The first-order chi connectivity index (χ1) is 12.6. The SMILES string of the molecule is O=C1N[C@H](c2cccc(Br)c2)[C@@H](C(=O)c2cccnc2)[C@@](O)(C(F)(F)F)N1. The number of rotatable bonds is 3. The lowest BCUT2D eigenvalue weighted by atomic mass is 9.77. The number of urea groups is 1. The number of aliphatic hydroxyl groups is 1. The highest BCUT2D eigenvalue weighted by molar-refractivity contribution is 9.10. The molecule has 142 valence electrons. The summed E-state index contributed by atoms with van der Waals surface area (Å²) in [5.74, 6) is -3.09. The van der Waals surface area contributed by atoms with Crippen LogP contribution in [0.1, 0.15) is 22.0 Å². The number of Topliss-reactive ketones (excluding diaryl/α,β-unsaturated/α-hetero) is 1. The number of carbonyl (C=O) groups is 2. The molecule has 0 bridgehead atoms. The van der Waals surface area contributed by atoms with Gasteiger partial charge >= 0.3 is 12.2 Å². The van der Waals surface area contributed by atoms with Gasteiger partial charge in [0.25, 0.3) is 0 Å². The van der Waals surface area contributed by atoms with E-state index in [1.54, 1.807) is 12.1 Å². The zero-order valence-electron chi connectivity index (χ0n) is 13.5. The van der Waals surface area contributed by atoms with Crippen molar-refractivity contribution in [2.24, 2.45) is 5.92 Å². The van der Waals surface area contributed by atoms with Crippen molar-refractivity contribution < 1.29 is 27.9 Å². The lowest BCUT2D eigenvalue weighted by Crippen LogP contribution is -2.72. The molecule has 0 radical (unpaired) electrons. The summed E-state index contributed by atoms with van der Waals surface area (Å²) in [5.41, 5.74) is -3.65. The summed E-state index contributed by atoms with van der Waals surface area (Å²) in [6.45, 7) is 0. The molecule has 3 rings (SSSR count). The molecule has 0 aliphatic carbocycles. The maximum absolute atomic E-state index is 13.7. The number of benzene rings is 1. The highest BCUT2D eigenvalue weighted by atomic mass is 79.9. The van der Waals surface area contributed by atoms with Gasteiger partial charge < -0.3 is 15.7 Å². The van der Waals surface area contributed by atoms with Crippen LogP contribution in [0.5, 0.6) is 0 Å². The minimum absolute atomic E-state index is 0.122. The third-order valence-electron chi connectivity index (χ3n) is 4.24. The maximum atomic E-state index is 13.7. The van der Waals surface area contributed by atoms with E-state index in [-0.39, 0.29) is 11.1 Å². The largest absolute Gasteiger partial charge is 0.437 e. The van der Waals surface area contributed by atoms with Gasteiger partial charge in [0.1, 0.15) is 5.92 Å². The van der Waals surface area contributed by atoms with Gasteiger partial charge in [-0.1, -0.05) is 28.1 Å². The van der Waals surface area contributed by atoms with E-state index < -0.39 is 35.7 Å². The molecule has 10 heteroatoms. The third kappa shape index (κ3) is 3.54. The van der Waals surface area contributed by atoms with E-state index in [9.17, 15) is 27.9 Å². The fourth-order valence-electron chi connectivity index (χ4n) is 3.00. The zero-order valence-corrected chi connectivity index (χ0v) is 15.1. The van der Waals surface area contributed by atoms with Gasteiger partial charge in [-0.3, -0.25) is 9.78 Å². The van der Waals surface area contributed by atoms with Crippen LogP contribution in [0.4, 0.5) is 18.0 Å². The smallest absolute Gasteiger partial charge is 0.363 e. The van der Waals surface area contributed by atoms with E-state index >= 15 is 0 Å². The Hall–Kier alpha value is -2.46. The monoisotopic (exact) mass is 443 g/mol. The first kappa shape index (κ1) is 19.3. The molecule has 2 amide bonds. The fourth-order valence-corrected chi connectivity index (χ4v) is 3.42. The first-order valence-electron chi connectivity index (χ1n) is 7.71. The Balaban J connectivity index is 2.17. The number of amides is 2. The molecular weight excluding hydrogens is 431 g/mol. The van der Waals surface area contributed by atoms with Crippen LogP contribution in [-0.2, 0) is 0 Å².